The number of hydrogen-bond acceptors (Lipinski definition) is 4. The van der Waals surface area contributed by atoms with Crippen molar-refractivity contribution in [1.82, 2.24) is 15.2 Å². The molecule has 0 aliphatic rings. The van der Waals surface area contributed by atoms with Crippen LogP contribution in [0.15, 0.2) is 71.7 Å². The van der Waals surface area contributed by atoms with Gasteiger partial charge in [0.05, 0.1) is 22.5 Å². The zero-order valence-electron chi connectivity index (χ0n) is 19.4. The summed E-state index contributed by atoms with van der Waals surface area (Å²) in [5.74, 6) is -0.566. The molecule has 0 aliphatic heterocycles. The number of amides is 1. The lowest BCUT2D eigenvalue weighted by molar-refractivity contribution is -0.119. The van der Waals surface area contributed by atoms with Crippen LogP contribution in [-0.4, -0.2) is 40.7 Å². The van der Waals surface area contributed by atoms with E-state index in [0.717, 1.165) is 23.4 Å². The van der Waals surface area contributed by atoms with E-state index in [-0.39, 0.29) is 11.8 Å². The minimum Gasteiger partial charge on any atom is -0.494 e. The Balaban J connectivity index is 1.80. The van der Waals surface area contributed by atoms with Crippen molar-refractivity contribution in [3.8, 4) is 5.88 Å². The predicted octanol–water partition coefficient (Wildman–Crippen LogP) is 4.88. The summed E-state index contributed by atoms with van der Waals surface area (Å²) in [5, 5.41) is 14.2. The van der Waals surface area contributed by atoms with Crippen molar-refractivity contribution in [2.24, 2.45) is 4.99 Å². The first-order chi connectivity index (χ1) is 16.3. The lowest BCUT2D eigenvalue weighted by Crippen LogP contribution is -2.18. The molecule has 0 radical (unpaired) electrons. The minimum atomic E-state index is -0.391. The van der Waals surface area contributed by atoms with Gasteiger partial charge in [0.2, 0.25) is 5.91 Å². The van der Waals surface area contributed by atoms with Crippen molar-refractivity contribution in [2.75, 3.05) is 14.1 Å². The minimum absolute atomic E-state index is 0.0779. The number of halogens is 1. The van der Waals surface area contributed by atoms with Crippen molar-refractivity contribution in [1.29, 1.82) is 0 Å². The maximum Gasteiger partial charge on any atom is 0.217 e. The second kappa shape index (κ2) is 9.89. The summed E-state index contributed by atoms with van der Waals surface area (Å²) in [5.41, 5.74) is 5.17. The molecule has 0 saturated carbocycles. The molecule has 34 heavy (non-hydrogen) atoms. The molecule has 7 heteroatoms. The van der Waals surface area contributed by atoms with Gasteiger partial charge < -0.3 is 20.3 Å². The van der Waals surface area contributed by atoms with Crippen LogP contribution < -0.4 is 5.32 Å². The Morgan fingerprint density at radius 1 is 1.03 bits per heavy atom. The second-order valence-electron chi connectivity index (χ2n) is 8.51. The number of benzene rings is 3. The van der Waals surface area contributed by atoms with E-state index in [1.54, 1.807) is 6.07 Å². The number of carbonyl (C=O) groups excluding carboxylic acids is 1. The molecular weight excluding hydrogens is 431 g/mol. The van der Waals surface area contributed by atoms with Crippen molar-refractivity contribution in [3.05, 3.63) is 94.8 Å². The Kier molecular flexibility index (Phi) is 6.75. The summed E-state index contributed by atoms with van der Waals surface area (Å²) in [7, 11) is 4.03. The fraction of sp³-hybridized carbons (Fsp3) is 0.185. The van der Waals surface area contributed by atoms with Crippen molar-refractivity contribution in [3.63, 3.8) is 0 Å². The average Bonchev–Trinajstić information content (AvgIpc) is 3.11. The fourth-order valence-corrected chi connectivity index (χ4v) is 3.84. The monoisotopic (exact) mass is 458 g/mol. The van der Waals surface area contributed by atoms with Crippen molar-refractivity contribution in [2.45, 2.75) is 20.0 Å². The molecule has 3 aromatic carbocycles. The van der Waals surface area contributed by atoms with Gasteiger partial charge in [0.1, 0.15) is 5.82 Å². The van der Waals surface area contributed by atoms with E-state index in [1.165, 1.54) is 24.6 Å². The van der Waals surface area contributed by atoms with Gasteiger partial charge in [-0.15, -0.1) is 0 Å². The molecule has 1 aromatic heterocycles. The molecule has 1 amide bonds. The zero-order valence-corrected chi connectivity index (χ0v) is 19.4. The number of carbonyl (C=O) groups is 1. The SMILES string of the molecule is CC(=O)NCc1ccc(C(=Nc2ccc(CN(C)C)cc2)c2c(O)[nH]c3cc(F)ccc23)cc1. The summed E-state index contributed by atoms with van der Waals surface area (Å²) < 4.78 is 13.8. The maximum absolute atomic E-state index is 13.8. The third kappa shape index (κ3) is 5.32. The molecule has 4 aromatic rings. The summed E-state index contributed by atoms with van der Waals surface area (Å²) in [6, 6.07) is 19.9. The highest BCUT2D eigenvalue weighted by Crippen LogP contribution is 2.32. The molecule has 0 spiro atoms. The largest absolute Gasteiger partial charge is 0.494 e. The average molecular weight is 459 g/mol. The van der Waals surface area contributed by atoms with Gasteiger partial charge >= 0.3 is 0 Å². The van der Waals surface area contributed by atoms with Gasteiger partial charge in [-0.2, -0.15) is 0 Å². The van der Waals surface area contributed by atoms with Crippen LogP contribution in [0, 0.1) is 5.82 Å². The van der Waals surface area contributed by atoms with E-state index in [2.05, 4.69) is 15.2 Å². The number of nitrogens with zero attached hydrogens (tertiary/aromatic N) is 2. The summed E-state index contributed by atoms with van der Waals surface area (Å²) in [6.07, 6.45) is 0. The first-order valence-corrected chi connectivity index (χ1v) is 11.0. The predicted molar refractivity (Wildman–Crippen MR) is 133 cm³/mol. The van der Waals surface area contributed by atoms with E-state index >= 15 is 0 Å². The number of H-pyrrole nitrogens is 1. The molecule has 0 unspecified atom stereocenters. The van der Waals surface area contributed by atoms with Gasteiger partial charge in [0, 0.05) is 31.0 Å². The standard InChI is InChI=1S/C27H27FN4O2/c1-17(33)29-15-18-4-8-20(9-5-18)26(30-22-11-6-19(7-12-22)16-32(2)3)25-23-13-10-21(28)14-24(23)31-27(25)34/h4-14,31,34H,15-16H2,1-3H3,(H,29,33). The molecular formula is C27H27FN4O2. The summed E-state index contributed by atoms with van der Waals surface area (Å²) in [4.78, 5) is 21.1. The van der Waals surface area contributed by atoms with Crippen LogP contribution in [0.1, 0.15) is 29.2 Å². The van der Waals surface area contributed by atoms with Crippen LogP contribution in [0.25, 0.3) is 10.9 Å². The quantitative estimate of drug-likeness (QED) is 0.345. The molecule has 1 heterocycles. The maximum atomic E-state index is 13.8. The van der Waals surface area contributed by atoms with Gasteiger partial charge in [-0.3, -0.25) is 4.79 Å². The molecule has 0 bridgehead atoms. The molecule has 0 saturated heterocycles. The van der Waals surface area contributed by atoms with Gasteiger partial charge in [-0.25, -0.2) is 9.38 Å². The van der Waals surface area contributed by atoms with Crippen LogP contribution in [0.2, 0.25) is 0 Å². The van der Waals surface area contributed by atoms with Gasteiger partial charge in [-0.1, -0.05) is 36.4 Å². The van der Waals surface area contributed by atoms with Gasteiger partial charge in [-0.05, 0) is 55.6 Å². The number of rotatable bonds is 7. The zero-order chi connectivity index (χ0) is 24.2. The van der Waals surface area contributed by atoms with Crippen molar-refractivity contribution >= 4 is 28.2 Å². The second-order valence-corrected chi connectivity index (χ2v) is 8.51. The first-order valence-electron chi connectivity index (χ1n) is 11.0. The van der Waals surface area contributed by atoms with E-state index in [0.29, 0.717) is 28.7 Å². The topological polar surface area (TPSA) is 80.7 Å². The van der Waals surface area contributed by atoms with E-state index in [9.17, 15) is 14.3 Å². The van der Waals surface area contributed by atoms with Gasteiger partial charge in [0.15, 0.2) is 5.88 Å². The summed E-state index contributed by atoms with van der Waals surface area (Å²) in [6.45, 7) is 2.72. The number of aliphatic imine (C=N–C) groups is 1. The van der Waals surface area contributed by atoms with E-state index in [1.807, 2.05) is 62.6 Å². The lowest BCUT2D eigenvalue weighted by atomic mass is 9.99. The Morgan fingerprint density at radius 3 is 2.35 bits per heavy atom. The van der Waals surface area contributed by atoms with Crippen molar-refractivity contribution < 1.29 is 14.3 Å². The number of aromatic amines is 1. The normalized spacial score (nSPS) is 11.9. The highest BCUT2D eigenvalue weighted by atomic mass is 19.1. The summed E-state index contributed by atoms with van der Waals surface area (Å²) >= 11 is 0. The van der Waals surface area contributed by atoms with Crippen LogP contribution in [0.3, 0.4) is 0 Å². The number of aromatic nitrogens is 1. The van der Waals surface area contributed by atoms with Crippen LogP contribution in [-0.2, 0) is 17.9 Å². The molecule has 0 fully saturated rings. The smallest absolute Gasteiger partial charge is 0.217 e. The first kappa shape index (κ1) is 23.2. The van der Waals surface area contributed by atoms with E-state index in [4.69, 9.17) is 4.99 Å². The number of aromatic hydroxyl groups is 1. The van der Waals surface area contributed by atoms with Crippen LogP contribution in [0.4, 0.5) is 10.1 Å². The highest BCUT2D eigenvalue weighted by Gasteiger charge is 2.19. The molecule has 174 valence electrons. The Bertz CT molecular complexity index is 1340. The number of nitrogens with one attached hydrogen (secondary N) is 2. The Labute approximate surface area is 197 Å². The van der Waals surface area contributed by atoms with Crippen LogP contribution in [0.5, 0.6) is 5.88 Å². The van der Waals surface area contributed by atoms with Crippen LogP contribution >= 0.6 is 0 Å². The number of hydrogen-bond donors (Lipinski definition) is 3. The van der Waals surface area contributed by atoms with Gasteiger partial charge in [0.25, 0.3) is 0 Å². The lowest BCUT2D eigenvalue weighted by Gasteiger charge is -2.11. The molecule has 0 atom stereocenters. The molecule has 6 nitrogen and oxygen atoms in total. The van der Waals surface area contributed by atoms with E-state index < -0.39 is 5.82 Å². The Hall–Kier alpha value is -3.97. The molecule has 0 aliphatic carbocycles. The highest BCUT2D eigenvalue weighted by molar-refractivity contribution is 6.21. The molecule has 3 N–H and O–H groups in total. The molecule has 4 rings (SSSR count). The third-order valence-corrected chi connectivity index (χ3v) is 5.42. The third-order valence-electron chi connectivity index (χ3n) is 5.42. The fourth-order valence-electron chi connectivity index (χ4n) is 3.84. The Morgan fingerprint density at radius 2 is 1.71 bits per heavy atom. The number of fused-ring (bicyclic) bond motifs is 1.